The minimum absolute atomic E-state index is 0.385. The first-order valence-electron chi connectivity index (χ1n) is 4.92. The Kier molecular flexibility index (Phi) is 4.61. The summed E-state index contributed by atoms with van der Waals surface area (Å²) >= 11 is 5.29. The molecular weight excluding hydrogens is 258 g/mol. The Bertz CT molecular complexity index is 275. The van der Waals surface area contributed by atoms with E-state index in [1.807, 2.05) is 11.3 Å². The Hall–Kier alpha value is 0.140. The van der Waals surface area contributed by atoms with Gasteiger partial charge in [0.25, 0.3) is 0 Å². The second kappa shape index (κ2) is 5.29. The van der Waals surface area contributed by atoms with Crippen molar-refractivity contribution in [2.75, 3.05) is 13.1 Å². The molecule has 0 atom stereocenters. The van der Waals surface area contributed by atoms with Crippen molar-refractivity contribution in [3.8, 4) is 0 Å². The van der Waals surface area contributed by atoms with E-state index in [-0.39, 0.29) is 0 Å². The first-order valence-corrected chi connectivity index (χ1v) is 6.53. The van der Waals surface area contributed by atoms with Gasteiger partial charge in [0, 0.05) is 11.4 Å². The molecule has 0 saturated heterocycles. The molecular formula is C11H18BrNS. The van der Waals surface area contributed by atoms with Gasteiger partial charge in [-0.3, -0.25) is 0 Å². The van der Waals surface area contributed by atoms with E-state index in [4.69, 9.17) is 0 Å². The van der Waals surface area contributed by atoms with Gasteiger partial charge in [0.1, 0.15) is 0 Å². The first-order chi connectivity index (χ1) is 6.47. The third-order valence-corrected chi connectivity index (χ3v) is 3.52. The van der Waals surface area contributed by atoms with E-state index in [9.17, 15) is 0 Å². The van der Waals surface area contributed by atoms with Crippen LogP contribution in [0.3, 0.4) is 0 Å². The van der Waals surface area contributed by atoms with Gasteiger partial charge >= 0.3 is 0 Å². The second-order valence-corrected chi connectivity index (χ2v) is 7.24. The zero-order valence-electron chi connectivity index (χ0n) is 9.06. The van der Waals surface area contributed by atoms with Crippen LogP contribution < -0.4 is 5.32 Å². The zero-order chi connectivity index (χ0) is 10.6. The number of thiophene rings is 1. The lowest BCUT2D eigenvalue weighted by atomic mass is 9.97. The van der Waals surface area contributed by atoms with Gasteiger partial charge in [-0.15, -0.1) is 11.3 Å². The van der Waals surface area contributed by atoms with Gasteiger partial charge in [-0.25, -0.2) is 0 Å². The number of rotatable bonds is 4. The molecule has 14 heavy (non-hydrogen) atoms. The standard InChI is InChI=1S/C11H18BrNS/c1-11(2,3)8-13-7-6-9-4-5-10(12)14-9/h4-5,13H,6-8H2,1-3H3. The molecule has 3 heteroatoms. The molecule has 1 rings (SSSR count). The van der Waals surface area contributed by atoms with Gasteiger partial charge < -0.3 is 5.32 Å². The molecule has 1 aromatic rings. The average Bonchev–Trinajstić information content (AvgIpc) is 2.44. The highest BCUT2D eigenvalue weighted by Crippen LogP contribution is 2.22. The third kappa shape index (κ3) is 5.13. The van der Waals surface area contributed by atoms with E-state index < -0.39 is 0 Å². The van der Waals surface area contributed by atoms with Crippen LogP contribution >= 0.6 is 27.3 Å². The first kappa shape index (κ1) is 12.2. The quantitative estimate of drug-likeness (QED) is 0.827. The molecule has 1 N–H and O–H groups in total. The molecule has 0 aliphatic carbocycles. The third-order valence-electron chi connectivity index (χ3n) is 1.83. The summed E-state index contributed by atoms with van der Waals surface area (Å²) in [5.74, 6) is 0. The van der Waals surface area contributed by atoms with Gasteiger partial charge in [0.2, 0.25) is 0 Å². The smallest absolute Gasteiger partial charge is 0.0701 e. The van der Waals surface area contributed by atoms with Crippen molar-refractivity contribution in [3.05, 3.63) is 20.8 Å². The maximum atomic E-state index is 3.47. The summed E-state index contributed by atoms with van der Waals surface area (Å²) in [5, 5.41) is 3.47. The molecule has 0 spiro atoms. The normalized spacial score (nSPS) is 12.0. The van der Waals surface area contributed by atoms with Gasteiger partial charge in [0.05, 0.1) is 3.79 Å². The molecule has 80 valence electrons. The minimum atomic E-state index is 0.385. The summed E-state index contributed by atoms with van der Waals surface area (Å²) in [6.07, 6.45) is 1.13. The predicted octanol–water partition coefficient (Wildman–Crippen LogP) is 3.69. The summed E-state index contributed by atoms with van der Waals surface area (Å²) in [6.45, 7) is 8.91. The van der Waals surface area contributed by atoms with Crippen molar-refractivity contribution in [3.63, 3.8) is 0 Å². The van der Waals surface area contributed by atoms with Crippen molar-refractivity contribution < 1.29 is 0 Å². The van der Waals surface area contributed by atoms with Gasteiger partial charge in [-0.1, -0.05) is 20.8 Å². The van der Waals surface area contributed by atoms with Crippen molar-refractivity contribution in [1.82, 2.24) is 5.32 Å². The van der Waals surface area contributed by atoms with Gasteiger partial charge in [-0.05, 0) is 46.4 Å². The van der Waals surface area contributed by atoms with Crippen molar-refractivity contribution in [1.29, 1.82) is 0 Å². The van der Waals surface area contributed by atoms with E-state index >= 15 is 0 Å². The maximum absolute atomic E-state index is 3.47. The molecule has 0 amide bonds. The van der Waals surface area contributed by atoms with Crippen LogP contribution in [0.15, 0.2) is 15.9 Å². The van der Waals surface area contributed by atoms with Crippen LogP contribution in [0.2, 0.25) is 0 Å². The fourth-order valence-corrected chi connectivity index (χ4v) is 2.64. The average molecular weight is 276 g/mol. The Morgan fingerprint density at radius 1 is 1.36 bits per heavy atom. The summed E-state index contributed by atoms with van der Waals surface area (Å²) in [4.78, 5) is 1.44. The van der Waals surface area contributed by atoms with E-state index in [1.54, 1.807) is 0 Å². The number of halogens is 1. The van der Waals surface area contributed by atoms with Gasteiger partial charge in [-0.2, -0.15) is 0 Å². The molecule has 0 fully saturated rings. The lowest BCUT2D eigenvalue weighted by Gasteiger charge is -2.18. The molecule has 0 aliphatic heterocycles. The van der Waals surface area contributed by atoms with Gasteiger partial charge in [0.15, 0.2) is 0 Å². The van der Waals surface area contributed by atoms with E-state index in [0.717, 1.165) is 19.5 Å². The zero-order valence-corrected chi connectivity index (χ0v) is 11.5. The highest BCUT2D eigenvalue weighted by Gasteiger charge is 2.08. The van der Waals surface area contributed by atoms with Crippen LogP contribution in [0, 0.1) is 5.41 Å². The molecule has 0 aliphatic rings. The number of hydrogen-bond donors (Lipinski definition) is 1. The van der Waals surface area contributed by atoms with Crippen LogP contribution in [0.25, 0.3) is 0 Å². The molecule has 0 aromatic carbocycles. The van der Waals surface area contributed by atoms with E-state index in [2.05, 4.69) is 54.2 Å². The van der Waals surface area contributed by atoms with Crippen LogP contribution in [0.1, 0.15) is 25.6 Å². The molecule has 1 heterocycles. The van der Waals surface area contributed by atoms with Crippen LogP contribution in [-0.4, -0.2) is 13.1 Å². The Labute approximate surface area is 99.0 Å². The topological polar surface area (TPSA) is 12.0 Å². The monoisotopic (exact) mass is 275 g/mol. The van der Waals surface area contributed by atoms with Crippen molar-refractivity contribution in [2.45, 2.75) is 27.2 Å². The van der Waals surface area contributed by atoms with Crippen LogP contribution in [-0.2, 0) is 6.42 Å². The number of hydrogen-bond acceptors (Lipinski definition) is 2. The van der Waals surface area contributed by atoms with Crippen molar-refractivity contribution >= 4 is 27.3 Å². The highest BCUT2D eigenvalue weighted by molar-refractivity contribution is 9.11. The fraction of sp³-hybridized carbons (Fsp3) is 0.636. The maximum Gasteiger partial charge on any atom is 0.0701 e. The SMILES string of the molecule is CC(C)(C)CNCCc1ccc(Br)s1. The lowest BCUT2D eigenvalue weighted by Crippen LogP contribution is -2.28. The van der Waals surface area contributed by atoms with E-state index in [1.165, 1.54) is 8.66 Å². The number of nitrogens with one attached hydrogen (secondary N) is 1. The fourth-order valence-electron chi connectivity index (χ4n) is 1.16. The summed E-state index contributed by atoms with van der Waals surface area (Å²) in [5.41, 5.74) is 0.385. The molecule has 0 saturated carbocycles. The second-order valence-electron chi connectivity index (χ2n) is 4.69. The molecule has 0 bridgehead atoms. The highest BCUT2D eigenvalue weighted by atomic mass is 79.9. The Morgan fingerprint density at radius 3 is 2.57 bits per heavy atom. The summed E-state index contributed by atoms with van der Waals surface area (Å²) < 4.78 is 1.23. The van der Waals surface area contributed by atoms with E-state index in [0.29, 0.717) is 5.41 Å². The van der Waals surface area contributed by atoms with Crippen molar-refractivity contribution in [2.24, 2.45) is 5.41 Å². The largest absolute Gasteiger partial charge is 0.316 e. The molecule has 1 aromatic heterocycles. The molecule has 0 unspecified atom stereocenters. The predicted molar refractivity (Wildman–Crippen MR) is 68.0 cm³/mol. The Balaban J connectivity index is 2.16. The summed E-state index contributed by atoms with van der Waals surface area (Å²) in [6, 6.07) is 4.30. The Morgan fingerprint density at radius 2 is 2.07 bits per heavy atom. The lowest BCUT2D eigenvalue weighted by molar-refractivity contribution is 0.382. The minimum Gasteiger partial charge on any atom is -0.316 e. The van der Waals surface area contributed by atoms with Crippen LogP contribution in [0.4, 0.5) is 0 Å². The summed E-state index contributed by atoms with van der Waals surface area (Å²) in [7, 11) is 0. The molecule has 1 nitrogen and oxygen atoms in total. The van der Waals surface area contributed by atoms with Crippen LogP contribution in [0.5, 0.6) is 0 Å². The molecule has 0 radical (unpaired) electrons.